The molecule has 0 amide bonds. The molecule has 0 unspecified atom stereocenters. The van der Waals surface area contributed by atoms with Crippen molar-refractivity contribution in [2.45, 2.75) is 19.1 Å². The first kappa shape index (κ1) is 11.4. The van der Waals surface area contributed by atoms with Crippen molar-refractivity contribution >= 4 is 19.1 Å². The van der Waals surface area contributed by atoms with Gasteiger partial charge in [0.15, 0.2) is 0 Å². The van der Waals surface area contributed by atoms with Crippen molar-refractivity contribution in [2.24, 2.45) is 0 Å². The Morgan fingerprint density at radius 3 is 2.40 bits per heavy atom. The van der Waals surface area contributed by atoms with Crippen LogP contribution in [0.25, 0.3) is 0 Å². The zero-order chi connectivity index (χ0) is 11.1. The van der Waals surface area contributed by atoms with E-state index in [9.17, 15) is 0 Å². The van der Waals surface area contributed by atoms with Gasteiger partial charge in [-0.1, -0.05) is 0 Å². The standard InChI is InChI=1S/C11H18NOPS/c1-9-11(10-7-5-4-6-8-10)13-14(3,15)12(9)2/h4-9,11,14-15H,1-3H3/t9-,11+/m0/s1. The number of hydrogen-bond acceptors (Lipinski definition) is 3. The Kier molecular flexibility index (Phi) is 3.09. The summed E-state index contributed by atoms with van der Waals surface area (Å²) in [6.45, 7) is 2.40. The monoisotopic (exact) mass is 243 g/mol. The van der Waals surface area contributed by atoms with Gasteiger partial charge in [-0.25, -0.2) is 0 Å². The summed E-state index contributed by atoms with van der Waals surface area (Å²) in [7, 11) is 2.10. The van der Waals surface area contributed by atoms with E-state index in [1.165, 1.54) is 5.56 Å². The topological polar surface area (TPSA) is 12.5 Å². The molecule has 1 saturated heterocycles. The number of thiol groups is 1. The average molecular weight is 243 g/mol. The van der Waals surface area contributed by atoms with Crippen molar-refractivity contribution < 1.29 is 4.52 Å². The van der Waals surface area contributed by atoms with E-state index in [0.29, 0.717) is 6.04 Å². The fraction of sp³-hybridized carbons (Fsp3) is 0.455. The van der Waals surface area contributed by atoms with Gasteiger partial charge in [-0.15, -0.1) is 0 Å². The van der Waals surface area contributed by atoms with E-state index in [0.717, 1.165) is 0 Å². The average Bonchev–Trinajstić information content (AvgIpc) is 2.44. The van der Waals surface area contributed by atoms with Crippen molar-refractivity contribution in [3.05, 3.63) is 35.9 Å². The second-order valence-corrected chi connectivity index (χ2v) is 9.53. The second-order valence-electron chi connectivity index (χ2n) is 4.23. The van der Waals surface area contributed by atoms with Crippen LogP contribution in [-0.2, 0) is 4.52 Å². The van der Waals surface area contributed by atoms with E-state index < -0.39 is 6.84 Å². The molecule has 2 rings (SSSR count). The van der Waals surface area contributed by atoms with E-state index in [2.05, 4.69) is 61.8 Å². The minimum atomic E-state index is -1.92. The Morgan fingerprint density at radius 2 is 1.93 bits per heavy atom. The summed E-state index contributed by atoms with van der Waals surface area (Å²) in [6, 6.07) is 10.8. The van der Waals surface area contributed by atoms with Crippen LogP contribution >= 0.6 is 19.1 Å². The first-order valence-electron chi connectivity index (χ1n) is 5.20. The van der Waals surface area contributed by atoms with Gasteiger partial charge in [-0.05, 0) is 0 Å². The summed E-state index contributed by atoms with van der Waals surface area (Å²) in [5, 5.41) is 0. The van der Waals surface area contributed by atoms with Crippen LogP contribution in [0.4, 0.5) is 0 Å². The van der Waals surface area contributed by atoms with E-state index in [4.69, 9.17) is 4.52 Å². The third kappa shape index (κ3) is 2.07. The normalized spacial score (nSPS) is 32.8. The van der Waals surface area contributed by atoms with E-state index in [1.54, 1.807) is 0 Å². The molecule has 0 saturated carbocycles. The predicted octanol–water partition coefficient (Wildman–Crippen LogP) is 3.13. The zero-order valence-corrected chi connectivity index (χ0v) is 11.2. The van der Waals surface area contributed by atoms with Crippen molar-refractivity contribution in [3.63, 3.8) is 0 Å². The molecule has 0 radical (unpaired) electrons. The number of benzene rings is 1. The van der Waals surface area contributed by atoms with Gasteiger partial charge in [0, 0.05) is 0 Å². The molecule has 4 heteroatoms. The van der Waals surface area contributed by atoms with Crippen LogP contribution in [0.1, 0.15) is 18.6 Å². The summed E-state index contributed by atoms with van der Waals surface area (Å²) in [6.07, 6.45) is 0.172. The molecule has 2 nitrogen and oxygen atoms in total. The quantitative estimate of drug-likeness (QED) is 0.601. The third-order valence-electron chi connectivity index (χ3n) is 3.18. The number of hydrogen-bond donors (Lipinski definition) is 1. The van der Waals surface area contributed by atoms with E-state index in [1.807, 2.05) is 6.07 Å². The minimum absolute atomic E-state index is 0.172. The molecule has 0 spiro atoms. The zero-order valence-electron chi connectivity index (χ0n) is 9.34. The van der Waals surface area contributed by atoms with E-state index in [-0.39, 0.29) is 6.10 Å². The Hall–Kier alpha value is -0.0800. The molecule has 15 heavy (non-hydrogen) atoms. The molecule has 1 aliphatic rings. The van der Waals surface area contributed by atoms with Gasteiger partial charge in [0.2, 0.25) is 0 Å². The summed E-state index contributed by atoms with van der Waals surface area (Å²) < 4.78 is 8.37. The Labute approximate surface area is 97.3 Å². The second kappa shape index (κ2) is 4.06. The summed E-state index contributed by atoms with van der Waals surface area (Å²) >= 11 is 4.66. The van der Waals surface area contributed by atoms with Crippen LogP contribution in [0.15, 0.2) is 30.3 Å². The van der Waals surface area contributed by atoms with Crippen LogP contribution in [0.5, 0.6) is 0 Å². The fourth-order valence-electron chi connectivity index (χ4n) is 1.99. The molecule has 1 aliphatic heterocycles. The maximum absolute atomic E-state index is 6.09. The molecule has 1 aromatic rings. The van der Waals surface area contributed by atoms with Crippen molar-refractivity contribution in [3.8, 4) is 0 Å². The molecule has 1 heterocycles. The van der Waals surface area contributed by atoms with Gasteiger partial charge in [-0.2, -0.15) is 0 Å². The Bertz CT molecular complexity index is 344. The van der Waals surface area contributed by atoms with Crippen LogP contribution in [0.3, 0.4) is 0 Å². The van der Waals surface area contributed by atoms with Crippen molar-refractivity contribution in [1.82, 2.24) is 4.67 Å². The maximum atomic E-state index is 6.09. The molecular weight excluding hydrogens is 225 g/mol. The van der Waals surface area contributed by atoms with Gasteiger partial charge in [0.1, 0.15) is 0 Å². The molecule has 0 aliphatic carbocycles. The fourth-order valence-corrected chi connectivity index (χ4v) is 4.75. The molecule has 0 aromatic heterocycles. The van der Waals surface area contributed by atoms with Crippen LogP contribution in [0.2, 0.25) is 0 Å². The molecular formula is C11H18NOPS. The van der Waals surface area contributed by atoms with Crippen molar-refractivity contribution in [2.75, 3.05) is 13.7 Å². The molecule has 84 valence electrons. The number of likely N-dealkylation sites (N-methyl/N-ethyl adjacent to an activating group) is 1. The molecule has 1 fully saturated rings. The van der Waals surface area contributed by atoms with E-state index >= 15 is 0 Å². The molecule has 0 bridgehead atoms. The summed E-state index contributed by atoms with van der Waals surface area (Å²) in [5.41, 5.74) is 1.25. The van der Waals surface area contributed by atoms with Crippen LogP contribution < -0.4 is 0 Å². The first-order valence-corrected chi connectivity index (χ1v) is 8.85. The van der Waals surface area contributed by atoms with Gasteiger partial charge < -0.3 is 0 Å². The van der Waals surface area contributed by atoms with Crippen LogP contribution in [0, 0.1) is 0 Å². The number of rotatable bonds is 1. The molecule has 0 N–H and O–H groups in total. The van der Waals surface area contributed by atoms with Crippen LogP contribution in [-0.4, -0.2) is 24.4 Å². The van der Waals surface area contributed by atoms with Gasteiger partial charge in [0.25, 0.3) is 0 Å². The van der Waals surface area contributed by atoms with Gasteiger partial charge in [0.05, 0.1) is 0 Å². The SMILES string of the molecule is C[C@H]1[C@H](c2ccccc2)O[PH](C)(S)N1C. The number of nitrogens with zero attached hydrogens (tertiary/aromatic N) is 1. The van der Waals surface area contributed by atoms with Crippen molar-refractivity contribution in [1.29, 1.82) is 0 Å². The first-order chi connectivity index (χ1) is 7.02. The molecule has 2 atom stereocenters. The molecule has 1 aromatic carbocycles. The van der Waals surface area contributed by atoms with Gasteiger partial charge in [-0.3, -0.25) is 0 Å². The Balaban J connectivity index is 2.27. The summed E-state index contributed by atoms with van der Waals surface area (Å²) in [5.74, 6) is 0. The van der Waals surface area contributed by atoms with Gasteiger partial charge >= 0.3 is 97.0 Å². The third-order valence-corrected chi connectivity index (χ3v) is 6.86. The Morgan fingerprint density at radius 1 is 1.33 bits per heavy atom. The predicted molar refractivity (Wildman–Crippen MR) is 70.7 cm³/mol. The summed E-state index contributed by atoms with van der Waals surface area (Å²) in [4.78, 5) is 0.